The fraction of sp³-hybridized carbons (Fsp3) is 0.929. The summed E-state index contributed by atoms with van der Waals surface area (Å²) in [7, 11) is 0. The quantitative estimate of drug-likeness (QED) is 0.820. The normalized spacial score (nSPS) is 18.8. The lowest BCUT2D eigenvalue weighted by atomic mass is 9.89. The van der Waals surface area contributed by atoms with E-state index >= 15 is 0 Å². The van der Waals surface area contributed by atoms with Crippen molar-refractivity contribution in [2.45, 2.75) is 58.9 Å². The highest BCUT2D eigenvalue weighted by atomic mass is 16.2. The second kappa shape index (κ2) is 5.85. The van der Waals surface area contributed by atoms with Gasteiger partial charge in [-0.3, -0.25) is 4.79 Å². The summed E-state index contributed by atoms with van der Waals surface area (Å²) in [5.74, 6) is 1.69. The molecule has 0 aromatic carbocycles. The van der Waals surface area contributed by atoms with Gasteiger partial charge in [0.1, 0.15) is 0 Å². The fourth-order valence-electron chi connectivity index (χ4n) is 2.40. The van der Waals surface area contributed by atoms with Crippen LogP contribution < -0.4 is 5.73 Å². The zero-order chi connectivity index (χ0) is 13.1. The topological polar surface area (TPSA) is 46.3 Å². The molecule has 0 aromatic rings. The number of amides is 1. The van der Waals surface area contributed by atoms with Gasteiger partial charge in [0.05, 0.1) is 5.54 Å². The molecule has 1 saturated heterocycles. The Bertz CT molecular complexity index is 247. The van der Waals surface area contributed by atoms with E-state index in [0.29, 0.717) is 0 Å². The molecule has 0 bridgehead atoms. The van der Waals surface area contributed by atoms with Crippen LogP contribution in [0.3, 0.4) is 0 Å². The van der Waals surface area contributed by atoms with E-state index in [0.717, 1.165) is 37.8 Å². The van der Waals surface area contributed by atoms with E-state index in [1.165, 1.54) is 12.8 Å². The maximum atomic E-state index is 12.0. The van der Waals surface area contributed by atoms with Gasteiger partial charge in [0.25, 0.3) is 0 Å². The average molecular weight is 240 g/mol. The van der Waals surface area contributed by atoms with Crippen molar-refractivity contribution in [1.29, 1.82) is 0 Å². The summed E-state index contributed by atoms with van der Waals surface area (Å²) in [5.41, 5.74) is 5.13. The van der Waals surface area contributed by atoms with Crippen molar-refractivity contribution in [2.24, 2.45) is 17.6 Å². The monoisotopic (exact) mass is 240 g/mol. The summed E-state index contributed by atoms with van der Waals surface area (Å²) in [6, 6.07) is 0. The molecule has 0 atom stereocenters. The van der Waals surface area contributed by atoms with E-state index in [1.54, 1.807) is 13.8 Å². The van der Waals surface area contributed by atoms with Crippen LogP contribution in [0.15, 0.2) is 0 Å². The summed E-state index contributed by atoms with van der Waals surface area (Å²) >= 11 is 0. The molecular formula is C14H28N2O. The molecule has 0 aliphatic carbocycles. The standard InChI is InChI=1S/C14H28N2O/c1-11(2)5-6-12-7-9-16(10-8-12)13(17)14(3,4)15/h11-12H,5-10,15H2,1-4H3. The van der Waals surface area contributed by atoms with Crippen LogP contribution in [0.4, 0.5) is 0 Å². The molecule has 3 heteroatoms. The van der Waals surface area contributed by atoms with Crippen LogP contribution in [-0.4, -0.2) is 29.4 Å². The molecule has 100 valence electrons. The number of likely N-dealkylation sites (tertiary alicyclic amines) is 1. The number of nitrogens with zero attached hydrogens (tertiary/aromatic N) is 1. The number of nitrogens with two attached hydrogens (primary N) is 1. The first-order chi connectivity index (χ1) is 7.80. The third kappa shape index (κ3) is 4.66. The summed E-state index contributed by atoms with van der Waals surface area (Å²) < 4.78 is 0. The summed E-state index contributed by atoms with van der Waals surface area (Å²) in [6.45, 7) is 9.91. The Hall–Kier alpha value is -0.570. The molecule has 0 aromatic heterocycles. The van der Waals surface area contributed by atoms with Crippen LogP contribution in [0.25, 0.3) is 0 Å². The molecule has 1 amide bonds. The van der Waals surface area contributed by atoms with Gasteiger partial charge in [-0.2, -0.15) is 0 Å². The van der Waals surface area contributed by atoms with Gasteiger partial charge in [-0.1, -0.05) is 26.7 Å². The van der Waals surface area contributed by atoms with Crippen LogP contribution >= 0.6 is 0 Å². The van der Waals surface area contributed by atoms with E-state index in [2.05, 4.69) is 13.8 Å². The van der Waals surface area contributed by atoms with E-state index in [9.17, 15) is 4.79 Å². The zero-order valence-electron chi connectivity index (χ0n) is 11.8. The Labute approximate surface area is 106 Å². The van der Waals surface area contributed by atoms with E-state index < -0.39 is 5.54 Å². The van der Waals surface area contributed by atoms with Crippen LogP contribution in [-0.2, 0) is 4.79 Å². The van der Waals surface area contributed by atoms with Crippen molar-refractivity contribution in [3.8, 4) is 0 Å². The van der Waals surface area contributed by atoms with Crippen molar-refractivity contribution in [1.82, 2.24) is 4.90 Å². The first-order valence-corrected chi connectivity index (χ1v) is 6.89. The highest BCUT2D eigenvalue weighted by molar-refractivity contribution is 5.85. The average Bonchev–Trinajstić information content (AvgIpc) is 2.25. The third-order valence-corrected chi connectivity index (χ3v) is 3.61. The molecule has 0 saturated carbocycles. The highest BCUT2D eigenvalue weighted by Crippen LogP contribution is 2.24. The maximum absolute atomic E-state index is 12.0. The molecule has 1 fully saturated rings. The van der Waals surface area contributed by atoms with Gasteiger partial charge in [0, 0.05) is 13.1 Å². The predicted molar refractivity (Wildman–Crippen MR) is 71.6 cm³/mol. The molecule has 17 heavy (non-hydrogen) atoms. The first-order valence-electron chi connectivity index (χ1n) is 6.89. The van der Waals surface area contributed by atoms with Gasteiger partial charge in [0.2, 0.25) is 5.91 Å². The molecule has 1 heterocycles. The van der Waals surface area contributed by atoms with Crippen molar-refractivity contribution >= 4 is 5.91 Å². The smallest absolute Gasteiger partial charge is 0.242 e. The second-order valence-corrected chi connectivity index (χ2v) is 6.43. The number of carbonyl (C=O) groups excluding carboxylic acids is 1. The Kier molecular flexibility index (Phi) is 4.99. The predicted octanol–water partition coefficient (Wildman–Crippen LogP) is 2.40. The van der Waals surface area contributed by atoms with E-state index in [-0.39, 0.29) is 5.91 Å². The fourth-order valence-corrected chi connectivity index (χ4v) is 2.40. The molecule has 3 nitrogen and oxygen atoms in total. The van der Waals surface area contributed by atoms with Crippen LogP contribution in [0, 0.1) is 11.8 Å². The Morgan fingerprint density at radius 3 is 2.29 bits per heavy atom. The minimum absolute atomic E-state index is 0.0970. The van der Waals surface area contributed by atoms with E-state index in [1.807, 2.05) is 4.90 Å². The molecule has 0 unspecified atom stereocenters. The zero-order valence-corrected chi connectivity index (χ0v) is 11.8. The van der Waals surface area contributed by atoms with Crippen LogP contribution in [0.2, 0.25) is 0 Å². The maximum Gasteiger partial charge on any atom is 0.242 e. The van der Waals surface area contributed by atoms with Gasteiger partial charge < -0.3 is 10.6 Å². The summed E-state index contributed by atoms with van der Waals surface area (Å²) in [4.78, 5) is 13.9. The minimum Gasteiger partial charge on any atom is -0.341 e. The molecule has 1 aliphatic heterocycles. The lowest BCUT2D eigenvalue weighted by molar-refractivity contribution is -0.137. The van der Waals surface area contributed by atoms with Gasteiger partial charge in [-0.25, -0.2) is 0 Å². The molecule has 0 spiro atoms. The second-order valence-electron chi connectivity index (χ2n) is 6.43. The lowest BCUT2D eigenvalue weighted by Gasteiger charge is -2.35. The summed E-state index contributed by atoms with van der Waals surface area (Å²) in [5, 5.41) is 0. The largest absolute Gasteiger partial charge is 0.341 e. The Morgan fingerprint density at radius 2 is 1.88 bits per heavy atom. The Morgan fingerprint density at radius 1 is 1.35 bits per heavy atom. The lowest BCUT2D eigenvalue weighted by Crippen LogP contribution is -2.53. The molecule has 1 aliphatic rings. The molecular weight excluding hydrogens is 212 g/mol. The number of hydrogen-bond donors (Lipinski definition) is 1. The van der Waals surface area contributed by atoms with Gasteiger partial charge in [0.15, 0.2) is 0 Å². The molecule has 0 radical (unpaired) electrons. The number of carbonyl (C=O) groups is 1. The number of hydrogen-bond acceptors (Lipinski definition) is 2. The van der Waals surface area contributed by atoms with Crippen molar-refractivity contribution in [2.75, 3.05) is 13.1 Å². The van der Waals surface area contributed by atoms with Gasteiger partial charge >= 0.3 is 0 Å². The van der Waals surface area contributed by atoms with Crippen molar-refractivity contribution < 1.29 is 4.79 Å². The number of piperidine rings is 1. The minimum atomic E-state index is -0.717. The summed E-state index contributed by atoms with van der Waals surface area (Å²) in [6.07, 6.45) is 4.91. The third-order valence-electron chi connectivity index (χ3n) is 3.61. The van der Waals surface area contributed by atoms with Crippen LogP contribution in [0.1, 0.15) is 53.4 Å². The number of rotatable bonds is 4. The first kappa shape index (κ1) is 14.5. The van der Waals surface area contributed by atoms with Crippen molar-refractivity contribution in [3.05, 3.63) is 0 Å². The van der Waals surface area contributed by atoms with Crippen LogP contribution in [0.5, 0.6) is 0 Å². The van der Waals surface area contributed by atoms with E-state index in [4.69, 9.17) is 5.73 Å². The highest BCUT2D eigenvalue weighted by Gasteiger charge is 2.30. The van der Waals surface area contributed by atoms with Gasteiger partial charge in [-0.15, -0.1) is 0 Å². The SMILES string of the molecule is CC(C)CCC1CCN(C(=O)C(C)(C)N)CC1. The molecule has 2 N–H and O–H groups in total. The van der Waals surface area contributed by atoms with Crippen molar-refractivity contribution in [3.63, 3.8) is 0 Å². The molecule has 1 rings (SSSR count). The van der Waals surface area contributed by atoms with Gasteiger partial charge in [-0.05, 0) is 38.5 Å². The Balaban J connectivity index is 2.33.